The number of nitriles is 1. The number of aliphatic hydroxyl groups excluding tert-OH is 2. The number of methoxy groups -OCH3 is 1. The van der Waals surface area contributed by atoms with E-state index in [2.05, 4.69) is 4.74 Å². The first kappa shape index (κ1) is 16.5. The monoisotopic (exact) mass is 298 g/mol. The van der Waals surface area contributed by atoms with Crippen LogP contribution in [0.5, 0.6) is 0 Å². The molecule has 0 heterocycles. The van der Waals surface area contributed by atoms with Crippen molar-refractivity contribution in [3.05, 3.63) is 39.2 Å². The Labute approximate surface area is 118 Å². The van der Waals surface area contributed by atoms with E-state index in [1.54, 1.807) is 6.07 Å². The van der Waals surface area contributed by atoms with Gasteiger partial charge in [0.1, 0.15) is 17.5 Å². The third kappa shape index (κ3) is 3.50. The zero-order valence-electron chi connectivity index (χ0n) is 10.8. The van der Waals surface area contributed by atoms with Crippen LogP contribution in [0.15, 0.2) is 12.1 Å². The van der Waals surface area contributed by atoms with Crippen LogP contribution in [0.25, 0.3) is 0 Å². The van der Waals surface area contributed by atoms with Gasteiger partial charge in [-0.25, -0.2) is 9.18 Å². The van der Waals surface area contributed by atoms with Gasteiger partial charge in [-0.2, -0.15) is 5.26 Å². The summed E-state index contributed by atoms with van der Waals surface area (Å²) in [5.74, 6) is -2.25. The van der Waals surface area contributed by atoms with Crippen LogP contribution in [0.2, 0.25) is 0 Å². The molecule has 0 radical (unpaired) electrons. The maximum absolute atomic E-state index is 13.9. The quantitative estimate of drug-likeness (QED) is 0.467. The van der Waals surface area contributed by atoms with Crippen LogP contribution < -0.4 is 0 Å². The van der Waals surface area contributed by atoms with Gasteiger partial charge in [0.05, 0.1) is 30.6 Å². The van der Waals surface area contributed by atoms with Crippen LogP contribution in [0.1, 0.15) is 28.4 Å². The predicted molar refractivity (Wildman–Crippen MR) is 65.6 cm³/mol. The molecule has 0 saturated carbocycles. The average molecular weight is 298 g/mol. The molecular formula is C12H11FN2O6. The lowest BCUT2D eigenvalue weighted by atomic mass is 9.99. The lowest BCUT2D eigenvalue weighted by Gasteiger charge is -2.16. The molecule has 0 fully saturated rings. The highest BCUT2D eigenvalue weighted by molar-refractivity contribution is 5.94. The normalized spacial score (nSPS) is 13.1. The topological polar surface area (TPSA) is 134 Å². The second-order valence-electron chi connectivity index (χ2n) is 4.01. The summed E-state index contributed by atoms with van der Waals surface area (Å²) in [6.07, 6.45) is -3.95. The fourth-order valence-electron chi connectivity index (χ4n) is 1.64. The lowest BCUT2D eigenvalue weighted by molar-refractivity contribution is -0.385. The van der Waals surface area contributed by atoms with Gasteiger partial charge in [-0.1, -0.05) is 0 Å². The van der Waals surface area contributed by atoms with Gasteiger partial charge in [-0.3, -0.25) is 10.1 Å². The molecule has 21 heavy (non-hydrogen) atoms. The largest absolute Gasteiger partial charge is 0.465 e. The van der Waals surface area contributed by atoms with E-state index >= 15 is 0 Å². The van der Waals surface area contributed by atoms with Crippen LogP contribution in [0.3, 0.4) is 0 Å². The standard InChI is InChI=1S/C12H11FN2O6/c1-21-12(18)7-4-8(13)6(5-9(7)15(19)20)11(17)10(16)2-3-14/h4-5,10-11,16-17H,2H2,1H3. The van der Waals surface area contributed by atoms with Crippen LogP contribution in [-0.2, 0) is 4.74 Å². The summed E-state index contributed by atoms with van der Waals surface area (Å²) in [6.45, 7) is 0. The number of benzene rings is 1. The van der Waals surface area contributed by atoms with Gasteiger partial charge in [0.15, 0.2) is 0 Å². The third-order valence-corrected chi connectivity index (χ3v) is 2.70. The first-order valence-electron chi connectivity index (χ1n) is 5.62. The van der Waals surface area contributed by atoms with Crippen LogP contribution >= 0.6 is 0 Å². The fraction of sp³-hybridized carbons (Fsp3) is 0.333. The molecule has 0 aliphatic heterocycles. The van der Waals surface area contributed by atoms with Gasteiger partial charge in [0.2, 0.25) is 0 Å². The number of hydrogen-bond donors (Lipinski definition) is 2. The van der Waals surface area contributed by atoms with E-state index in [1.807, 2.05) is 0 Å². The maximum Gasteiger partial charge on any atom is 0.344 e. The van der Waals surface area contributed by atoms with Crippen molar-refractivity contribution in [3.8, 4) is 6.07 Å². The fourth-order valence-corrected chi connectivity index (χ4v) is 1.64. The van der Waals surface area contributed by atoms with Crippen molar-refractivity contribution in [1.82, 2.24) is 0 Å². The molecule has 8 nitrogen and oxygen atoms in total. The second-order valence-corrected chi connectivity index (χ2v) is 4.01. The highest BCUT2D eigenvalue weighted by Crippen LogP contribution is 2.29. The molecule has 2 N–H and O–H groups in total. The predicted octanol–water partition coefficient (Wildman–Crippen LogP) is 0.828. The van der Waals surface area contributed by atoms with Crippen LogP contribution in [-0.4, -0.2) is 34.3 Å². The molecule has 2 atom stereocenters. The van der Waals surface area contributed by atoms with E-state index in [4.69, 9.17) is 5.26 Å². The van der Waals surface area contributed by atoms with E-state index in [0.29, 0.717) is 12.1 Å². The Morgan fingerprint density at radius 2 is 2.19 bits per heavy atom. The maximum atomic E-state index is 13.9. The van der Waals surface area contributed by atoms with Crippen molar-refractivity contribution in [2.45, 2.75) is 18.6 Å². The zero-order valence-corrected chi connectivity index (χ0v) is 10.8. The molecule has 0 bridgehead atoms. The lowest BCUT2D eigenvalue weighted by Crippen LogP contribution is -2.19. The zero-order chi connectivity index (χ0) is 16.2. The molecule has 0 saturated heterocycles. The molecule has 0 amide bonds. The van der Waals surface area contributed by atoms with Crippen molar-refractivity contribution < 1.29 is 29.1 Å². The minimum Gasteiger partial charge on any atom is -0.465 e. The van der Waals surface area contributed by atoms with Gasteiger partial charge in [-0.05, 0) is 6.07 Å². The van der Waals surface area contributed by atoms with E-state index in [1.165, 1.54) is 0 Å². The van der Waals surface area contributed by atoms with E-state index in [-0.39, 0.29) is 0 Å². The van der Waals surface area contributed by atoms with Gasteiger partial charge >= 0.3 is 5.97 Å². The Balaban J connectivity index is 3.37. The summed E-state index contributed by atoms with van der Waals surface area (Å²) in [5, 5.41) is 38.5. The number of nitro benzene ring substituents is 1. The first-order valence-corrected chi connectivity index (χ1v) is 5.62. The Morgan fingerprint density at radius 3 is 2.67 bits per heavy atom. The second kappa shape index (κ2) is 6.74. The van der Waals surface area contributed by atoms with Crippen molar-refractivity contribution >= 4 is 11.7 Å². The number of hydrogen-bond acceptors (Lipinski definition) is 7. The Morgan fingerprint density at radius 1 is 1.57 bits per heavy atom. The molecule has 9 heteroatoms. The molecule has 0 aliphatic carbocycles. The minimum atomic E-state index is -1.84. The molecule has 0 aliphatic rings. The Kier molecular flexibility index (Phi) is 5.29. The highest BCUT2D eigenvalue weighted by atomic mass is 19.1. The Bertz CT molecular complexity index is 613. The molecule has 1 rings (SSSR count). The summed E-state index contributed by atoms with van der Waals surface area (Å²) in [5.41, 5.74) is -1.98. The summed E-state index contributed by atoms with van der Waals surface area (Å²) in [7, 11) is 0.976. The number of nitrogens with zero attached hydrogens (tertiary/aromatic N) is 2. The first-order chi connectivity index (χ1) is 9.83. The highest BCUT2D eigenvalue weighted by Gasteiger charge is 2.29. The SMILES string of the molecule is COC(=O)c1cc(F)c(C(O)C(O)CC#N)cc1[N+](=O)[O-]. The van der Waals surface area contributed by atoms with Gasteiger partial charge in [0.25, 0.3) is 5.69 Å². The molecule has 0 aromatic heterocycles. The average Bonchev–Trinajstić information content (AvgIpc) is 2.45. The molecular weight excluding hydrogens is 287 g/mol. The van der Waals surface area contributed by atoms with Crippen LogP contribution in [0.4, 0.5) is 10.1 Å². The number of rotatable bonds is 5. The third-order valence-electron chi connectivity index (χ3n) is 2.70. The minimum absolute atomic E-state index is 0.493. The van der Waals surface area contributed by atoms with Crippen molar-refractivity contribution in [1.29, 1.82) is 5.26 Å². The molecule has 1 aromatic carbocycles. The number of aliphatic hydroxyl groups is 2. The van der Waals surface area contributed by atoms with Crippen LogP contribution in [0, 0.1) is 27.3 Å². The number of ether oxygens (including phenoxy) is 1. The molecule has 112 valence electrons. The van der Waals surface area contributed by atoms with E-state index in [0.717, 1.165) is 7.11 Å². The Hall–Kier alpha value is -2.57. The van der Waals surface area contributed by atoms with E-state index in [9.17, 15) is 29.5 Å². The van der Waals surface area contributed by atoms with Gasteiger partial charge in [0, 0.05) is 11.6 Å². The molecule has 0 spiro atoms. The summed E-state index contributed by atoms with van der Waals surface area (Å²) >= 11 is 0. The smallest absolute Gasteiger partial charge is 0.344 e. The number of esters is 1. The summed E-state index contributed by atoms with van der Waals surface area (Å²) in [6, 6.07) is 2.75. The molecule has 2 unspecified atom stereocenters. The number of carbonyl (C=O) groups excluding carboxylic acids is 1. The number of nitro groups is 1. The number of halogens is 1. The van der Waals surface area contributed by atoms with Crippen molar-refractivity contribution in [2.75, 3.05) is 7.11 Å². The molecule has 1 aromatic rings. The number of carbonyl (C=O) groups is 1. The van der Waals surface area contributed by atoms with Crippen molar-refractivity contribution in [3.63, 3.8) is 0 Å². The van der Waals surface area contributed by atoms with Gasteiger partial charge < -0.3 is 14.9 Å². The van der Waals surface area contributed by atoms with E-state index < -0.39 is 52.2 Å². The van der Waals surface area contributed by atoms with Gasteiger partial charge in [-0.15, -0.1) is 0 Å². The van der Waals surface area contributed by atoms with Crippen molar-refractivity contribution in [2.24, 2.45) is 0 Å². The summed E-state index contributed by atoms with van der Waals surface area (Å²) in [4.78, 5) is 21.3. The summed E-state index contributed by atoms with van der Waals surface area (Å²) < 4.78 is 18.2.